The van der Waals surface area contributed by atoms with E-state index in [1.54, 1.807) is 14.2 Å². The second kappa shape index (κ2) is 10.1. The molecule has 0 aliphatic carbocycles. The molecule has 0 atom stereocenters. The molecule has 0 spiro atoms. The molecule has 1 aliphatic rings. The fraction of sp³-hybridized carbons (Fsp3) is 0.429. The van der Waals surface area contributed by atoms with Crippen LogP contribution in [0.15, 0.2) is 34.1 Å². The highest BCUT2D eigenvalue weighted by molar-refractivity contribution is 9.10. The average Bonchev–Trinajstić information content (AvgIpc) is 3.29. The van der Waals surface area contributed by atoms with Crippen LogP contribution in [0.4, 0.5) is 0 Å². The van der Waals surface area contributed by atoms with Gasteiger partial charge in [0.25, 0.3) is 5.91 Å². The Morgan fingerprint density at radius 3 is 2.52 bits per heavy atom. The fourth-order valence-corrected chi connectivity index (χ4v) is 4.66. The van der Waals surface area contributed by atoms with Crippen molar-refractivity contribution in [3.05, 3.63) is 44.6 Å². The van der Waals surface area contributed by atoms with E-state index >= 15 is 0 Å². The van der Waals surface area contributed by atoms with Gasteiger partial charge in [-0.05, 0) is 48.4 Å². The Kier molecular flexibility index (Phi) is 7.55. The SMILES string of the molecule is COc1cc(Br)c(CCNC(=O)C2CCN(C(=O)c3cccs3)CC2)cc1OC. The van der Waals surface area contributed by atoms with Crippen LogP contribution >= 0.6 is 27.3 Å². The lowest BCUT2D eigenvalue weighted by molar-refractivity contribution is -0.126. The number of methoxy groups -OCH3 is 2. The number of rotatable bonds is 7. The van der Waals surface area contributed by atoms with E-state index < -0.39 is 0 Å². The van der Waals surface area contributed by atoms with Crippen molar-refractivity contribution in [2.45, 2.75) is 19.3 Å². The van der Waals surface area contributed by atoms with Gasteiger partial charge in [0.1, 0.15) is 0 Å². The van der Waals surface area contributed by atoms with E-state index in [2.05, 4.69) is 21.2 Å². The van der Waals surface area contributed by atoms with E-state index in [1.165, 1.54) is 11.3 Å². The zero-order valence-corrected chi connectivity index (χ0v) is 19.0. The summed E-state index contributed by atoms with van der Waals surface area (Å²) in [5.74, 6) is 1.41. The lowest BCUT2D eigenvalue weighted by Crippen LogP contribution is -2.43. The third kappa shape index (κ3) is 5.30. The molecule has 156 valence electrons. The zero-order chi connectivity index (χ0) is 20.8. The summed E-state index contributed by atoms with van der Waals surface area (Å²) >= 11 is 5.00. The Labute approximate surface area is 183 Å². The first-order chi connectivity index (χ1) is 14.0. The molecule has 3 rings (SSSR count). The van der Waals surface area contributed by atoms with Crippen molar-refractivity contribution in [3.63, 3.8) is 0 Å². The number of amides is 2. The number of halogens is 1. The molecule has 1 aromatic heterocycles. The van der Waals surface area contributed by atoms with E-state index in [1.807, 2.05) is 34.5 Å². The highest BCUT2D eigenvalue weighted by atomic mass is 79.9. The number of carbonyl (C=O) groups is 2. The molecule has 1 saturated heterocycles. The van der Waals surface area contributed by atoms with Crippen LogP contribution in [-0.2, 0) is 11.2 Å². The van der Waals surface area contributed by atoms with Crippen LogP contribution in [0.5, 0.6) is 11.5 Å². The number of likely N-dealkylation sites (tertiary alicyclic amines) is 1. The third-order valence-corrected chi connectivity index (χ3v) is 6.73. The van der Waals surface area contributed by atoms with Gasteiger partial charge in [-0.25, -0.2) is 0 Å². The maximum absolute atomic E-state index is 12.5. The molecule has 2 heterocycles. The normalized spacial score (nSPS) is 14.5. The van der Waals surface area contributed by atoms with Crippen LogP contribution in [0.3, 0.4) is 0 Å². The minimum Gasteiger partial charge on any atom is -0.493 e. The van der Waals surface area contributed by atoms with Crippen LogP contribution in [-0.4, -0.2) is 50.6 Å². The second-order valence-corrected chi connectivity index (χ2v) is 8.69. The molecule has 1 fully saturated rings. The fourth-order valence-electron chi connectivity index (χ4n) is 3.45. The number of carbonyl (C=O) groups excluding carboxylic acids is 2. The molecule has 2 amide bonds. The Hall–Kier alpha value is -2.06. The van der Waals surface area contributed by atoms with E-state index in [-0.39, 0.29) is 17.7 Å². The zero-order valence-electron chi connectivity index (χ0n) is 16.6. The molecule has 1 N–H and O–H groups in total. The number of nitrogens with one attached hydrogen (secondary N) is 1. The predicted molar refractivity (Wildman–Crippen MR) is 117 cm³/mol. The largest absolute Gasteiger partial charge is 0.493 e. The van der Waals surface area contributed by atoms with Gasteiger partial charge in [-0.3, -0.25) is 9.59 Å². The highest BCUT2D eigenvalue weighted by Crippen LogP contribution is 2.33. The summed E-state index contributed by atoms with van der Waals surface area (Å²) in [6, 6.07) is 7.52. The molecule has 0 saturated carbocycles. The van der Waals surface area contributed by atoms with Crippen LogP contribution in [0, 0.1) is 5.92 Å². The number of ether oxygens (including phenoxy) is 2. The van der Waals surface area contributed by atoms with Crippen molar-refractivity contribution in [3.8, 4) is 11.5 Å². The molecular formula is C21H25BrN2O4S. The number of piperidine rings is 1. The standard InChI is InChI=1S/C21H25BrN2O4S/c1-27-17-12-15(16(22)13-18(17)28-2)5-8-23-20(25)14-6-9-24(10-7-14)21(26)19-4-3-11-29-19/h3-4,11-14H,5-10H2,1-2H3,(H,23,25). The van der Waals surface area contributed by atoms with Gasteiger partial charge in [0, 0.05) is 30.0 Å². The average molecular weight is 481 g/mol. The van der Waals surface area contributed by atoms with Crippen LogP contribution < -0.4 is 14.8 Å². The maximum atomic E-state index is 12.5. The lowest BCUT2D eigenvalue weighted by Gasteiger charge is -2.31. The summed E-state index contributed by atoms with van der Waals surface area (Å²) in [6.45, 7) is 1.79. The highest BCUT2D eigenvalue weighted by Gasteiger charge is 2.28. The Morgan fingerprint density at radius 1 is 1.21 bits per heavy atom. The van der Waals surface area contributed by atoms with E-state index in [9.17, 15) is 9.59 Å². The van der Waals surface area contributed by atoms with Gasteiger partial charge in [0.2, 0.25) is 5.91 Å². The first-order valence-corrected chi connectivity index (χ1v) is 11.2. The van der Waals surface area contributed by atoms with Crippen LogP contribution in [0.25, 0.3) is 0 Å². The van der Waals surface area contributed by atoms with Crippen molar-refractivity contribution >= 4 is 39.1 Å². The number of benzene rings is 1. The van der Waals surface area contributed by atoms with Crippen molar-refractivity contribution in [1.29, 1.82) is 0 Å². The van der Waals surface area contributed by atoms with Crippen molar-refractivity contribution in [2.75, 3.05) is 33.9 Å². The van der Waals surface area contributed by atoms with Gasteiger partial charge in [0.05, 0.1) is 19.1 Å². The number of thiophene rings is 1. The molecule has 1 aliphatic heterocycles. The van der Waals surface area contributed by atoms with Gasteiger partial charge in [-0.15, -0.1) is 11.3 Å². The van der Waals surface area contributed by atoms with Gasteiger partial charge in [-0.1, -0.05) is 22.0 Å². The van der Waals surface area contributed by atoms with Crippen molar-refractivity contribution in [1.82, 2.24) is 10.2 Å². The predicted octanol–water partition coefficient (Wildman–Crippen LogP) is 3.74. The minimum atomic E-state index is -0.0452. The Morgan fingerprint density at radius 2 is 1.90 bits per heavy atom. The Balaban J connectivity index is 1.47. The first kappa shape index (κ1) is 21.6. The molecule has 0 unspecified atom stereocenters. The van der Waals surface area contributed by atoms with E-state index in [4.69, 9.17) is 9.47 Å². The van der Waals surface area contributed by atoms with Crippen molar-refractivity contribution < 1.29 is 19.1 Å². The van der Waals surface area contributed by atoms with Gasteiger partial charge < -0.3 is 19.7 Å². The summed E-state index contributed by atoms with van der Waals surface area (Å²) < 4.78 is 11.6. The Bertz CT molecular complexity index is 849. The topological polar surface area (TPSA) is 67.9 Å². The quantitative estimate of drug-likeness (QED) is 0.655. The molecule has 1 aromatic carbocycles. The van der Waals surface area contributed by atoms with Gasteiger partial charge in [-0.2, -0.15) is 0 Å². The molecule has 6 nitrogen and oxygen atoms in total. The third-order valence-electron chi connectivity index (χ3n) is 5.13. The van der Waals surface area contributed by atoms with Gasteiger partial charge in [0.15, 0.2) is 11.5 Å². The number of hydrogen-bond acceptors (Lipinski definition) is 5. The molecule has 8 heteroatoms. The smallest absolute Gasteiger partial charge is 0.263 e. The summed E-state index contributed by atoms with van der Waals surface area (Å²) in [7, 11) is 3.20. The second-order valence-electron chi connectivity index (χ2n) is 6.88. The summed E-state index contributed by atoms with van der Waals surface area (Å²) in [6.07, 6.45) is 2.08. The molecular weight excluding hydrogens is 456 g/mol. The molecule has 0 radical (unpaired) electrons. The minimum absolute atomic E-state index is 0.0452. The summed E-state index contributed by atoms with van der Waals surface area (Å²) in [4.78, 5) is 27.5. The summed E-state index contributed by atoms with van der Waals surface area (Å²) in [5.41, 5.74) is 1.04. The maximum Gasteiger partial charge on any atom is 0.263 e. The van der Waals surface area contributed by atoms with Crippen LogP contribution in [0.2, 0.25) is 0 Å². The molecule has 29 heavy (non-hydrogen) atoms. The molecule has 2 aromatic rings. The number of nitrogens with zero attached hydrogens (tertiary/aromatic N) is 1. The molecule has 0 bridgehead atoms. The summed E-state index contributed by atoms with van der Waals surface area (Å²) in [5, 5.41) is 4.94. The lowest BCUT2D eigenvalue weighted by atomic mass is 9.95. The van der Waals surface area contributed by atoms with E-state index in [0.29, 0.717) is 50.4 Å². The number of hydrogen-bond donors (Lipinski definition) is 1. The monoisotopic (exact) mass is 480 g/mol. The van der Waals surface area contributed by atoms with Crippen LogP contribution in [0.1, 0.15) is 28.1 Å². The van der Waals surface area contributed by atoms with Gasteiger partial charge >= 0.3 is 0 Å². The van der Waals surface area contributed by atoms with E-state index in [0.717, 1.165) is 14.9 Å². The first-order valence-electron chi connectivity index (χ1n) is 9.54. The van der Waals surface area contributed by atoms with Crippen molar-refractivity contribution in [2.24, 2.45) is 5.92 Å².